The van der Waals surface area contributed by atoms with Gasteiger partial charge in [0.2, 0.25) is 0 Å². The Bertz CT molecular complexity index is 1270. The van der Waals surface area contributed by atoms with Crippen molar-refractivity contribution in [3.63, 3.8) is 0 Å². The Morgan fingerprint density at radius 3 is 2.49 bits per heavy atom. The normalized spacial score (nSPS) is 16.2. The van der Waals surface area contributed by atoms with E-state index < -0.39 is 35.9 Å². The second kappa shape index (κ2) is 12.6. The number of ether oxygens (including phenoxy) is 2. The number of fused-ring (bicyclic) bond motifs is 1. The summed E-state index contributed by atoms with van der Waals surface area (Å²) in [6, 6.07) is 8.05. The maximum atomic E-state index is 15.8. The summed E-state index contributed by atoms with van der Waals surface area (Å²) < 4.78 is 67.1. The van der Waals surface area contributed by atoms with Gasteiger partial charge in [-0.1, -0.05) is 0 Å². The van der Waals surface area contributed by atoms with E-state index >= 15 is 4.39 Å². The Balaban J connectivity index is 1.40. The fraction of sp³-hybridized carbons (Fsp3) is 0.448. The Labute approximate surface area is 224 Å². The first-order chi connectivity index (χ1) is 18.7. The molecule has 0 radical (unpaired) electrons. The van der Waals surface area contributed by atoms with Gasteiger partial charge in [0.25, 0.3) is 0 Å². The Morgan fingerprint density at radius 1 is 1.13 bits per heavy atom. The minimum absolute atomic E-state index is 0.0465. The molecule has 10 heteroatoms. The number of piperidine rings is 1. The van der Waals surface area contributed by atoms with E-state index in [4.69, 9.17) is 9.47 Å². The molecule has 210 valence electrons. The van der Waals surface area contributed by atoms with Crippen LogP contribution in [0.15, 0.2) is 42.6 Å². The molecule has 1 aromatic heterocycles. The highest BCUT2D eigenvalue weighted by Gasteiger charge is 2.37. The first-order valence-electron chi connectivity index (χ1n) is 12.9. The number of methoxy groups -OCH3 is 1. The van der Waals surface area contributed by atoms with Gasteiger partial charge in [0, 0.05) is 47.5 Å². The first-order valence-corrected chi connectivity index (χ1v) is 12.9. The van der Waals surface area contributed by atoms with E-state index in [0.29, 0.717) is 55.5 Å². The fourth-order valence-corrected chi connectivity index (χ4v) is 5.41. The zero-order chi connectivity index (χ0) is 28.0. The lowest BCUT2D eigenvalue weighted by atomic mass is 9.71. The van der Waals surface area contributed by atoms with Crippen LogP contribution in [0, 0.1) is 17.0 Å². The number of hydrogen-bond acceptors (Lipinski definition) is 5. The third kappa shape index (κ3) is 7.17. The fourth-order valence-electron chi connectivity index (χ4n) is 5.41. The quantitative estimate of drug-likeness (QED) is 0.264. The lowest BCUT2D eigenvalue weighted by Crippen LogP contribution is -2.42. The predicted octanol–water partition coefficient (Wildman–Crippen LogP) is 6.42. The minimum atomic E-state index is -1.50. The molecule has 0 bridgehead atoms. The summed E-state index contributed by atoms with van der Waals surface area (Å²) in [6.07, 6.45) is 1.22. The van der Waals surface area contributed by atoms with Crippen LogP contribution in [0.2, 0.25) is 0 Å². The van der Waals surface area contributed by atoms with E-state index in [1.807, 2.05) is 0 Å². The third-order valence-electron chi connectivity index (χ3n) is 7.54. The highest BCUT2D eigenvalue weighted by Crippen LogP contribution is 2.43. The summed E-state index contributed by atoms with van der Waals surface area (Å²) in [5.41, 5.74) is 0.330. The number of carboxylic acids is 1. The number of aromatic nitrogens is 1. The van der Waals surface area contributed by atoms with Gasteiger partial charge in [-0.3, -0.25) is 14.7 Å². The van der Waals surface area contributed by atoms with Gasteiger partial charge in [0.1, 0.15) is 42.6 Å². The molecule has 1 N–H and O–H groups in total. The van der Waals surface area contributed by atoms with E-state index in [9.17, 15) is 23.1 Å². The lowest BCUT2D eigenvalue weighted by Gasteiger charge is -2.41. The van der Waals surface area contributed by atoms with Gasteiger partial charge in [-0.05, 0) is 62.4 Å². The van der Waals surface area contributed by atoms with Crippen molar-refractivity contribution in [1.29, 1.82) is 0 Å². The van der Waals surface area contributed by atoms with Gasteiger partial charge in [0.05, 0.1) is 19.0 Å². The second-order valence-corrected chi connectivity index (χ2v) is 10.1. The highest BCUT2D eigenvalue weighted by atomic mass is 19.1. The van der Waals surface area contributed by atoms with Crippen LogP contribution in [0.5, 0.6) is 11.5 Å². The number of rotatable bonds is 12. The molecule has 39 heavy (non-hydrogen) atoms. The monoisotopic (exact) mass is 548 g/mol. The van der Waals surface area contributed by atoms with Crippen molar-refractivity contribution in [1.82, 2.24) is 9.88 Å². The smallest absolute Gasteiger partial charge is 0.303 e. The molecule has 1 atom stereocenters. The van der Waals surface area contributed by atoms with Gasteiger partial charge in [-0.2, -0.15) is 0 Å². The molecule has 0 spiro atoms. The summed E-state index contributed by atoms with van der Waals surface area (Å²) in [4.78, 5) is 18.1. The molecule has 0 aliphatic carbocycles. The molecule has 1 saturated heterocycles. The zero-order valence-corrected chi connectivity index (χ0v) is 21.8. The molecule has 6 nitrogen and oxygen atoms in total. The third-order valence-corrected chi connectivity index (χ3v) is 7.54. The maximum absolute atomic E-state index is 15.8. The highest BCUT2D eigenvalue weighted by molar-refractivity contribution is 5.85. The minimum Gasteiger partial charge on any atom is -0.497 e. The molecule has 0 unspecified atom stereocenters. The van der Waals surface area contributed by atoms with Crippen LogP contribution >= 0.6 is 0 Å². The molecule has 2 heterocycles. The van der Waals surface area contributed by atoms with Crippen LogP contribution in [0.1, 0.15) is 49.4 Å². The number of carboxylic acid groups (broad SMARTS) is 1. The molecule has 0 amide bonds. The topological polar surface area (TPSA) is 71.9 Å². The van der Waals surface area contributed by atoms with E-state index in [2.05, 4.69) is 9.88 Å². The number of aliphatic carboxylic acids is 1. The Hall–Kier alpha value is -3.40. The molecule has 0 saturated carbocycles. The molecule has 1 aliphatic rings. The maximum Gasteiger partial charge on any atom is 0.303 e. The van der Waals surface area contributed by atoms with E-state index in [1.54, 1.807) is 18.2 Å². The first kappa shape index (κ1) is 28.6. The average molecular weight is 549 g/mol. The van der Waals surface area contributed by atoms with Gasteiger partial charge in [-0.25, -0.2) is 17.6 Å². The number of nitrogens with zero attached hydrogens (tertiary/aromatic N) is 2. The number of alkyl halides is 2. The number of pyridine rings is 1. The predicted molar refractivity (Wildman–Crippen MR) is 138 cm³/mol. The van der Waals surface area contributed by atoms with Crippen LogP contribution in [0.25, 0.3) is 10.9 Å². The second-order valence-electron chi connectivity index (χ2n) is 10.1. The number of hydrogen-bond donors (Lipinski definition) is 1. The number of benzene rings is 2. The molecule has 3 aromatic rings. The van der Waals surface area contributed by atoms with Gasteiger partial charge in [0.15, 0.2) is 0 Å². The van der Waals surface area contributed by atoms with Gasteiger partial charge >= 0.3 is 5.97 Å². The van der Waals surface area contributed by atoms with Crippen molar-refractivity contribution in [3.8, 4) is 11.5 Å². The van der Waals surface area contributed by atoms with Crippen molar-refractivity contribution in [2.45, 2.75) is 45.0 Å². The molecular formula is C29H32F4N2O4. The molecule has 2 aromatic carbocycles. The molecular weight excluding hydrogens is 516 g/mol. The van der Waals surface area contributed by atoms with Gasteiger partial charge < -0.3 is 14.6 Å². The van der Waals surface area contributed by atoms with Crippen molar-refractivity contribution < 1.29 is 36.9 Å². The zero-order valence-electron chi connectivity index (χ0n) is 21.8. The van der Waals surface area contributed by atoms with Crippen molar-refractivity contribution in [3.05, 3.63) is 65.4 Å². The largest absolute Gasteiger partial charge is 0.497 e. The number of carbonyl (C=O) groups is 1. The summed E-state index contributed by atoms with van der Waals surface area (Å²) in [5, 5.41) is 10.1. The van der Waals surface area contributed by atoms with Crippen LogP contribution < -0.4 is 9.47 Å². The molecule has 1 fully saturated rings. The average Bonchev–Trinajstić information content (AvgIpc) is 2.91. The Kier molecular flexibility index (Phi) is 9.27. The van der Waals surface area contributed by atoms with E-state index in [-0.39, 0.29) is 36.3 Å². The summed E-state index contributed by atoms with van der Waals surface area (Å²) in [7, 11) is 1.50. The SMILES string of the molecule is COc1ccc2ncc(CF)c([C@@H](F)CCC3(CC(=O)O)CCN(CCOc4cc(F)cc(F)c4)CC3)c2c1. The van der Waals surface area contributed by atoms with Crippen molar-refractivity contribution >= 4 is 16.9 Å². The molecule has 1 aliphatic heterocycles. The van der Waals surface area contributed by atoms with Crippen molar-refractivity contribution in [2.24, 2.45) is 5.41 Å². The van der Waals surface area contributed by atoms with E-state index in [1.165, 1.54) is 13.3 Å². The van der Waals surface area contributed by atoms with Gasteiger partial charge in [-0.15, -0.1) is 0 Å². The van der Waals surface area contributed by atoms with Crippen LogP contribution in [0.3, 0.4) is 0 Å². The Morgan fingerprint density at radius 2 is 1.85 bits per heavy atom. The standard InChI is InChI=1S/C29H32F4N2O4/c1-38-22-2-3-26-24(15-22)28(19(17-30)18-34-26)25(33)4-5-29(16-27(36)37)6-8-35(9-7-29)10-11-39-23-13-20(31)12-21(32)14-23/h2-3,12-15,18,25H,4-11,16-17H2,1H3,(H,36,37)/t25-/m0/s1. The summed E-state index contributed by atoms with van der Waals surface area (Å²) in [6.45, 7) is 1.01. The number of likely N-dealkylation sites (tertiary alicyclic amines) is 1. The van der Waals surface area contributed by atoms with E-state index in [0.717, 1.165) is 18.2 Å². The van der Waals surface area contributed by atoms with Crippen LogP contribution in [-0.4, -0.2) is 54.3 Å². The lowest BCUT2D eigenvalue weighted by molar-refractivity contribution is -0.141. The van der Waals surface area contributed by atoms with Crippen LogP contribution in [0.4, 0.5) is 17.6 Å². The van der Waals surface area contributed by atoms with Crippen LogP contribution in [-0.2, 0) is 11.5 Å². The molecule has 4 rings (SSSR count). The summed E-state index contributed by atoms with van der Waals surface area (Å²) in [5.74, 6) is -1.77. The van der Waals surface area contributed by atoms with Crippen molar-refractivity contribution in [2.75, 3.05) is 33.4 Å². The summed E-state index contributed by atoms with van der Waals surface area (Å²) >= 11 is 0. The number of halogens is 4.